The van der Waals surface area contributed by atoms with Gasteiger partial charge in [0.05, 0.1) is 0 Å². The average molecular weight is 288 g/mol. The van der Waals surface area contributed by atoms with Crippen LogP contribution in [0.15, 0.2) is 35.2 Å². The second kappa shape index (κ2) is 6.76. The molecule has 0 saturated carbocycles. The van der Waals surface area contributed by atoms with Gasteiger partial charge in [0, 0.05) is 4.90 Å². The summed E-state index contributed by atoms with van der Waals surface area (Å²) in [6.45, 7) is 8.06. The third-order valence-electron chi connectivity index (χ3n) is 2.88. The van der Waals surface area contributed by atoms with E-state index in [1.165, 1.54) is 11.8 Å². The van der Waals surface area contributed by atoms with E-state index < -0.39 is 13.2 Å². The molecular formula is C13H21O3PS. The summed E-state index contributed by atoms with van der Waals surface area (Å²) >= 11 is 1.52. The monoisotopic (exact) mass is 288 g/mol. The van der Waals surface area contributed by atoms with Gasteiger partial charge in [-0.2, -0.15) is 0 Å². The number of benzene rings is 1. The summed E-state index contributed by atoms with van der Waals surface area (Å²) in [7, 11) is -2.97. The third-order valence-corrected chi connectivity index (χ3v) is 5.39. The molecule has 0 fully saturated rings. The lowest BCUT2D eigenvalue weighted by Crippen LogP contribution is -2.38. The van der Waals surface area contributed by atoms with E-state index in [0.717, 1.165) is 4.90 Å². The Balaban J connectivity index is 3.06. The Kier molecular flexibility index (Phi) is 5.93. The van der Waals surface area contributed by atoms with E-state index >= 15 is 0 Å². The van der Waals surface area contributed by atoms with Gasteiger partial charge in [0.2, 0.25) is 0 Å². The first-order valence-electron chi connectivity index (χ1n) is 6.04. The molecule has 18 heavy (non-hydrogen) atoms. The molecule has 0 amide bonds. The molecule has 0 bridgehead atoms. The molecule has 3 nitrogen and oxygen atoms in total. The van der Waals surface area contributed by atoms with Crippen LogP contribution in [0.4, 0.5) is 0 Å². The van der Waals surface area contributed by atoms with Crippen molar-refractivity contribution in [1.29, 1.82) is 0 Å². The maximum atomic E-state index is 11.2. The van der Waals surface area contributed by atoms with E-state index in [4.69, 9.17) is 4.52 Å². The summed E-state index contributed by atoms with van der Waals surface area (Å²) in [5, 5.41) is 0. The minimum Gasteiger partial charge on any atom is -0.326 e. The first kappa shape index (κ1) is 15.8. The fourth-order valence-electron chi connectivity index (χ4n) is 1.97. The number of hydrogen-bond acceptors (Lipinski definition) is 3. The van der Waals surface area contributed by atoms with Gasteiger partial charge in [0.15, 0.2) is 0 Å². The maximum absolute atomic E-state index is 11.2. The highest BCUT2D eigenvalue weighted by Gasteiger charge is 2.41. The molecule has 1 aromatic carbocycles. The van der Waals surface area contributed by atoms with Crippen LogP contribution in [0.1, 0.15) is 27.7 Å². The van der Waals surface area contributed by atoms with E-state index in [0.29, 0.717) is 0 Å². The smallest absolute Gasteiger partial charge is 0.317 e. The molecule has 0 aliphatic carbocycles. The zero-order valence-electron chi connectivity index (χ0n) is 11.2. The Morgan fingerprint density at radius 2 is 1.67 bits per heavy atom. The Bertz CT molecular complexity index is 384. The van der Waals surface area contributed by atoms with E-state index in [2.05, 4.69) is 0 Å². The zero-order valence-corrected chi connectivity index (χ0v) is 13.0. The van der Waals surface area contributed by atoms with Crippen molar-refractivity contribution in [2.45, 2.75) is 37.5 Å². The summed E-state index contributed by atoms with van der Waals surface area (Å²) in [5.74, 6) is 0.257. The molecular weight excluding hydrogens is 267 g/mol. The summed E-state index contributed by atoms with van der Waals surface area (Å²) in [6.07, 6.45) is 0. The van der Waals surface area contributed by atoms with Gasteiger partial charge < -0.3 is 4.89 Å². The molecule has 0 saturated heterocycles. The molecule has 1 N–H and O–H groups in total. The Hall–Kier alpha value is -0.280. The van der Waals surface area contributed by atoms with Gasteiger partial charge in [0.1, 0.15) is 4.93 Å². The lowest BCUT2D eigenvalue weighted by atomic mass is 9.96. The van der Waals surface area contributed by atoms with Crippen molar-refractivity contribution >= 4 is 20.0 Å². The van der Waals surface area contributed by atoms with E-state index in [1.807, 2.05) is 58.0 Å². The topological polar surface area (TPSA) is 46.5 Å². The summed E-state index contributed by atoms with van der Waals surface area (Å²) < 4.78 is 16.6. The van der Waals surface area contributed by atoms with Crippen molar-refractivity contribution in [3.05, 3.63) is 30.3 Å². The molecule has 1 rings (SSSR count). The van der Waals surface area contributed by atoms with Gasteiger partial charge in [-0.3, -0.25) is 9.09 Å². The van der Waals surface area contributed by atoms with Crippen molar-refractivity contribution in [3.8, 4) is 0 Å². The molecule has 102 valence electrons. The SMILES string of the molecule is CC(C)C(O[PH](=O)O)(Sc1ccccc1)C(C)C. The second-order valence-electron chi connectivity index (χ2n) is 4.81. The van der Waals surface area contributed by atoms with Crippen LogP contribution in [0.25, 0.3) is 0 Å². The van der Waals surface area contributed by atoms with Gasteiger partial charge in [-0.05, 0) is 24.0 Å². The van der Waals surface area contributed by atoms with E-state index in [1.54, 1.807) is 0 Å². The van der Waals surface area contributed by atoms with Gasteiger partial charge in [-0.25, -0.2) is 0 Å². The minimum absolute atomic E-state index is 0.129. The quantitative estimate of drug-likeness (QED) is 0.484. The number of rotatable bonds is 6. The van der Waals surface area contributed by atoms with Crippen LogP contribution >= 0.6 is 20.0 Å². The fraction of sp³-hybridized carbons (Fsp3) is 0.538. The zero-order chi connectivity index (χ0) is 13.8. The maximum Gasteiger partial charge on any atom is 0.317 e. The number of hydrogen-bond donors (Lipinski definition) is 1. The summed E-state index contributed by atoms with van der Waals surface area (Å²) in [5.41, 5.74) is 0. The predicted octanol–water partition coefficient (Wildman–Crippen LogP) is 4.19. The van der Waals surface area contributed by atoms with Crippen LogP contribution in [0.3, 0.4) is 0 Å². The fourth-order valence-corrected chi connectivity index (χ4v) is 4.23. The molecule has 0 radical (unpaired) electrons. The normalized spacial score (nSPS) is 14.2. The molecule has 1 unspecified atom stereocenters. The highest BCUT2D eigenvalue weighted by molar-refractivity contribution is 8.00. The first-order chi connectivity index (χ1) is 8.38. The van der Waals surface area contributed by atoms with E-state index in [-0.39, 0.29) is 11.8 Å². The molecule has 0 aliphatic heterocycles. The molecule has 1 atom stereocenters. The molecule has 0 spiro atoms. The minimum atomic E-state index is -2.97. The molecule has 0 aromatic heterocycles. The second-order valence-corrected chi connectivity index (χ2v) is 6.86. The van der Waals surface area contributed by atoms with Crippen molar-refractivity contribution in [3.63, 3.8) is 0 Å². The highest BCUT2D eigenvalue weighted by Crippen LogP contribution is 2.49. The van der Waals surface area contributed by atoms with Gasteiger partial charge in [-0.15, -0.1) is 0 Å². The molecule has 0 aliphatic rings. The third kappa shape index (κ3) is 3.86. The van der Waals surface area contributed by atoms with Gasteiger partial charge in [-0.1, -0.05) is 57.7 Å². The molecule has 1 aromatic rings. The highest BCUT2D eigenvalue weighted by atomic mass is 32.2. The van der Waals surface area contributed by atoms with Crippen molar-refractivity contribution < 1.29 is 14.0 Å². The van der Waals surface area contributed by atoms with Crippen LogP contribution < -0.4 is 0 Å². The lowest BCUT2D eigenvalue weighted by molar-refractivity contribution is 0.0651. The summed E-state index contributed by atoms with van der Waals surface area (Å²) in [4.78, 5) is 9.54. The van der Waals surface area contributed by atoms with E-state index in [9.17, 15) is 9.46 Å². The Morgan fingerprint density at radius 1 is 1.17 bits per heavy atom. The van der Waals surface area contributed by atoms with Gasteiger partial charge >= 0.3 is 8.25 Å². The van der Waals surface area contributed by atoms with Crippen LogP contribution in [-0.2, 0) is 9.09 Å². The van der Waals surface area contributed by atoms with Crippen LogP contribution in [0, 0.1) is 11.8 Å². The largest absolute Gasteiger partial charge is 0.326 e. The van der Waals surface area contributed by atoms with Crippen molar-refractivity contribution in [1.82, 2.24) is 0 Å². The first-order valence-corrected chi connectivity index (χ1v) is 8.12. The predicted molar refractivity (Wildman–Crippen MR) is 77.0 cm³/mol. The van der Waals surface area contributed by atoms with Crippen molar-refractivity contribution in [2.24, 2.45) is 11.8 Å². The van der Waals surface area contributed by atoms with Gasteiger partial charge in [0.25, 0.3) is 0 Å². The molecule has 0 heterocycles. The van der Waals surface area contributed by atoms with Crippen molar-refractivity contribution in [2.75, 3.05) is 0 Å². The summed E-state index contributed by atoms with van der Waals surface area (Å²) in [6, 6.07) is 9.84. The number of thioether (sulfide) groups is 1. The molecule has 5 heteroatoms. The standard InChI is InChI=1S/C13H21O3PS/c1-10(2)13(11(3)4,16-17(14)15)18-12-8-6-5-7-9-12/h5-11,17H,1-4H3,(H,14,15). The Labute approximate surface area is 114 Å². The van der Waals surface area contributed by atoms with Crippen LogP contribution in [-0.4, -0.2) is 9.83 Å². The average Bonchev–Trinajstić information content (AvgIpc) is 2.28. The van der Waals surface area contributed by atoms with Crippen LogP contribution in [0.2, 0.25) is 0 Å². The Morgan fingerprint density at radius 3 is 2.06 bits per heavy atom. The lowest BCUT2D eigenvalue weighted by Gasteiger charge is -2.39. The van der Waals surface area contributed by atoms with Crippen LogP contribution in [0.5, 0.6) is 0 Å².